The first-order chi connectivity index (χ1) is 12.7. The molecule has 0 aliphatic heterocycles. The smallest absolute Gasteiger partial charge is 0.264 e. The monoisotopic (exact) mass is 359 g/mol. The van der Waals surface area contributed by atoms with E-state index in [2.05, 4.69) is 4.98 Å². The highest BCUT2D eigenvalue weighted by atomic mass is 32.1. The molecule has 0 aliphatic carbocycles. The second-order valence-corrected chi connectivity index (χ2v) is 6.03. The molecule has 0 radical (unpaired) electrons. The lowest BCUT2D eigenvalue weighted by atomic mass is 10.2. The Morgan fingerprint density at radius 2 is 1.23 bits per heavy atom. The number of pyridine rings is 1. The normalized spacial score (nSPS) is 10.8. The standard InChI is InChI=1S/C20H13N3O2S/c24-18(14-7-3-1-4-8-14)22-16-11-12-21-13-17(16)23(20(22)26)19(25)15-9-5-2-6-10-15/h1-13H. The van der Waals surface area contributed by atoms with Crippen LogP contribution in [-0.2, 0) is 0 Å². The molecular weight excluding hydrogens is 346 g/mol. The molecule has 0 saturated heterocycles. The van der Waals surface area contributed by atoms with Crippen LogP contribution in [0, 0.1) is 4.77 Å². The Morgan fingerprint density at radius 1 is 0.731 bits per heavy atom. The van der Waals surface area contributed by atoms with Gasteiger partial charge in [0.25, 0.3) is 11.8 Å². The number of benzene rings is 2. The molecule has 0 fully saturated rings. The molecule has 0 unspecified atom stereocenters. The van der Waals surface area contributed by atoms with Crippen molar-refractivity contribution in [3.63, 3.8) is 0 Å². The first-order valence-electron chi connectivity index (χ1n) is 7.95. The van der Waals surface area contributed by atoms with Crippen LogP contribution in [0.3, 0.4) is 0 Å². The van der Waals surface area contributed by atoms with Gasteiger partial charge in [-0.3, -0.25) is 19.1 Å². The molecule has 126 valence electrons. The third kappa shape index (κ3) is 2.57. The second kappa shape index (κ2) is 6.50. The van der Waals surface area contributed by atoms with Crippen LogP contribution in [0.1, 0.15) is 20.7 Å². The van der Waals surface area contributed by atoms with E-state index in [-0.39, 0.29) is 16.6 Å². The largest absolute Gasteiger partial charge is 0.268 e. The predicted octanol–water partition coefficient (Wildman–Crippen LogP) is 3.94. The van der Waals surface area contributed by atoms with Gasteiger partial charge in [0.2, 0.25) is 0 Å². The zero-order chi connectivity index (χ0) is 18.1. The summed E-state index contributed by atoms with van der Waals surface area (Å²) in [4.78, 5) is 30.1. The quantitative estimate of drug-likeness (QED) is 0.509. The summed E-state index contributed by atoms with van der Waals surface area (Å²) in [5.41, 5.74) is 2.02. The van der Waals surface area contributed by atoms with Gasteiger partial charge >= 0.3 is 0 Å². The van der Waals surface area contributed by atoms with E-state index in [9.17, 15) is 9.59 Å². The summed E-state index contributed by atoms with van der Waals surface area (Å²) in [6, 6.07) is 19.3. The minimum Gasteiger partial charge on any atom is -0.268 e. The molecular formula is C20H13N3O2S. The van der Waals surface area contributed by atoms with Crippen LogP contribution in [-0.4, -0.2) is 25.9 Å². The zero-order valence-electron chi connectivity index (χ0n) is 13.6. The summed E-state index contributed by atoms with van der Waals surface area (Å²) in [6.45, 7) is 0. The van der Waals surface area contributed by atoms with Gasteiger partial charge in [-0.05, 0) is 42.5 Å². The Bertz CT molecular complexity index is 1090. The maximum absolute atomic E-state index is 13.0. The second-order valence-electron chi connectivity index (χ2n) is 5.66. The van der Waals surface area contributed by atoms with E-state index in [0.29, 0.717) is 22.2 Å². The van der Waals surface area contributed by atoms with E-state index in [1.807, 2.05) is 12.1 Å². The summed E-state index contributed by atoms with van der Waals surface area (Å²) in [5.74, 6) is -0.584. The SMILES string of the molecule is O=C(c1ccccc1)n1c(=S)n(C(=O)c2ccccc2)c2cnccc21. The van der Waals surface area contributed by atoms with Crippen molar-refractivity contribution < 1.29 is 9.59 Å². The van der Waals surface area contributed by atoms with Crippen LogP contribution >= 0.6 is 12.2 Å². The number of carbonyl (C=O) groups is 2. The van der Waals surface area contributed by atoms with Gasteiger partial charge in [0.05, 0.1) is 17.2 Å². The van der Waals surface area contributed by atoms with Crippen molar-refractivity contribution in [1.29, 1.82) is 0 Å². The summed E-state index contributed by atoms with van der Waals surface area (Å²) in [6.07, 6.45) is 3.12. The molecule has 0 atom stereocenters. The number of carbonyl (C=O) groups excluding carboxylic acids is 2. The van der Waals surface area contributed by atoms with Gasteiger partial charge in [-0.1, -0.05) is 36.4 Å². The summed E-state index contributed by atoms with van der Waals surface area (Å²) >= 11 is 5.50. The molecule has 0 amide bonds. The molecule has 26 heavy (non-hydrogen) atoms. The Morgan fingerprint density at radius 3 is 1.77 bits per heavy atom. The van der Waals surface area contributed by atoms with E-state index < -0.39 is 0 Å². The van der Waals surface area contributed by atoms with Crippen molar-refractivity contribution in [1.82, 2.24) is 14.1 Å². The maximum atomic E-state index is 13.0. The Labute approximate surface area is 154 Å². The molecule has 0 saturated carbocycles. The van der Waals surface area contributed by atoms with Crippen LogP contribution < -0.4 is 0 Å². The molecule has 0 aliphatic rings. The van der Waals surface area contributed by atoms with E-state index in [4.69, 9.17) is 12.2 Å². The van der Waals surface area contributed by atoms with Gasteiger partial charge in [-0.15, -0.1) is 0 Å². The van der Waals surface area contributed by atoms with Gasteiger partial charge in [-0.2, -0.15) is 0 Å². The molecule has 2 aromatic heterocycles. The van der Waals surface area contributed by atoms with Crippen LogP contribution in [0.25, 0.3) is 11.0 Å². The molecule has 2 heterocycles. The minimum absolute atomic E-state index is 0.121. The number of hydrogen-bond acceptors (Lipinski definition) is 4. The molecule has 4 rings (SSSR count). The van der Waals surface area contributed by atoms with Crippen molar-refractivity contribution in [2.75, 3.05) is 0 Å². The third-order valence-corrected chi connectivity index (χ3v) is 4.45. The fraction of sp³-hybridized carbons (Fsp3) is 0. The van der Waals surface area contributed by atoms with Crippen molar-refractivity contribution in [3.8, 4) is 0 Å². The summed E-state index contributed by atoms with van der Waals surface area (Å²) < 4.78 is 2.85. The van der Waals surface area contributed by atoms with Crippen molar-refractivity contribution in [2.24, 2.45) is 0 Å². The first-order valence-corrected chi connectivity index (χ1v) is 8.36. The Hall–Kier alpha value is -3.38. The van der Waals surface area contributed by atoms with Gasteiger partial charge in [-0.25, -0.2) is 4.57 Å². The molecule has 0 N–H and O–H groups in total. The predicted molar refractivity (Wildman–Crippen MR) is 101 cm³/mol. The fourth-order valence-electron chi connectivity index (χ4n) is 2.86. The van der Waals surface area contributed by atoms with E-state index in [1.54, 1.807) is 67.0 Å². The van der Waals surface area contributed by atoms with Gasteiger partial charge < -0.3 is 0 Å². The van der Waals surface area contributed by atoms with Gasteiger partial charge in [0.1, 0.15) is 0 Å². The molecule has 2 aromatic carbocycles. The van der Waals surface area contributed by atoms with Gasteiger partial charge in [0.15, 0.2) is 4.77 Å². The maximum Gasteiger partial charge on any atom is 0.264 e. The lowest BCUT2D eigenvalue weighted by Gasteiger charge is -2.04. The summed E-state index contributed by atoms with van der Waals surface area (Å²) in [7, 11) is 0. The zero-order valence-corrected chi connectivity index (χ0v) is 14.4. The van der Waals surface area contributed by atoms with Crippen molar-refractivity contribution in [3.05, 3.63) is 95.0 Å². The Balaban J connectivity index is 1.97. The topological polar surface area (TPSA) is 56.9 Å². The lowest BCUT2D eigenvalue weighted by molar-refractivity contribution is 0.0952. The Kier molecular flexibility index (Phi) is 4.02. The first kappa shape index (κ1) is 16.1. The average molecular weight is 359 g/mol. The highest BCUT2D eigenvalue weighted by molar-refractivity contribution is 7.71. The van der Waals surface area contributed by atoms with E-state index in [1.165, 1.54) is 9.13 Å². The van der Waals surface area contributed by atoms with E-state index >= 15 is 0 Å². The number of fused-ring (bicyclic) bond motifs is 1. The fourth-order valence-corrected chi connectivity index (χ4v) is 3.22. The number of imidazole rings is 1. The highest BCUT2D eigenvalue weighted by Crippen LogP contribution is 2.20. The van der Waals surface area contributed by atoms with Crippen molar-refractivity contribution >= 4 is 35.1 Å². The molecule has 5 nitrogen and oxygen atoms in total. The number of nitrogens with zero attached hydrogens (tertiary/aromatic N) is 3. The molecule has 6 heteroatoms. The number of aromatic nitrogens is 3. The number of rotatable bonds is 2. The van der Waals surface area contributed by atoms with Crippen molar-refractivity contribution in [2.45, 2.75) is 0 Å². The van der Waals surface area contributed by atoms with E-state index in [0.717, 1.165) is 0 Å². The van der Waals surface area contributed by atoms with Crippen LogP contribution in [0.4, 0.5) is 0 Å². The van der Waals surface area contributed by atoms with Crippen LogP contribution in [0.5, 0.6) is 0 Å². The highest BCUT2D eigenvalue weighted by Gasteiger charge is 2.21. The average Bonchev–Trinajstić information content (AvgIpc) is 3.00. The van der Waals surface area contributed by atoms with Gasteiger partial charge in [0, 0.05) is 17.3 Å². The molecule has 0 spiro atoms. The van der Waals surface area contributed by atoms with Crippen LogP contribution in [0.15, 0.2) is 79.1 Å². The lowest BCUT2D eigenvalue weighted by Crippen LogP contribution is -2.16. The molecule has 0 bridgehead atoms. The third-order valence-electron chi connectivity index (χ3n) is 4.09. The number of hydrogen-bond donors (Lipinski definition) is 0. The summed E-state index contributed by atoms with van der Waals surface area (Å²) in [5, 5.41) is 0. The van der Waals surface area contributed by atoms with Crippen LogP contribution in [0.2, 0.25) is 0 Å². The molecule has 4 aromatic rings. The minimum atomic E-state index is -0.298.